The summed E-state index contributed by atoms with van der Waals surface area (Å²) in [5, 5.41) is 7.35. The number of carbonyl (C=O) groups excluding carboxylic acids is 2. The van der Waals surface area contributed by atoms with E-state index in [0.29, 0.717) is 12.2 Å². The first-order valence-corrected chi connectivity index (χ1v) is 8.71. The molecule has 7 heteroatoms. The molecule has 1 aliphatic rings. The van der Waals surface area contributed by atoms with Crippen molar-refractivity contribution in [2.24, 2.45) is 5.92 Å². The van der Waals surface area contributed by atoms with E-state index >= 15 is 0 Å². The number of aryl methyl sites for hydroxylation is 2. The number of carbonyl (C=O) groups is 2. The second kappa shape index (κ2) is 7.27. The van der Waals surface area contributed by atoms with Crippen LogP contribution in [0.5, 0.6) is 0 Å². The summed E-state index contributed by atoms with van der Waals surface area (Å²) >= 11 is 0. The molecule has 0 radical (unpaired) electrons. The fourth-order valence-electron chi connectivity index (χ4n) is 3.30. The SMILES string of the molecule is Cc1cc(C)n(C[C@H](C)NC(=O)[C@@H]2CC(=O)N(c3cccc(F)c3)C2)n1. The number of nitrogens with zero attached hydrogens (tertiary/aromatic N) is 3. The van der Waals surface area contributed by atoms with Crippen molar-refractivity contribution in [2.75, 3.05) is 11.4 Å². The van der Waals surface area contributed by atoms with Gasteiger partial charge in [-0.15, -0.1) is 0 Å². The molecule has 1 aromatic carbocycles. The summed E-state index contributed by atoms with van der Waals surface area (Å²) in [5.41, 5.74) is 2.46. The number of aromatic nitrogens is 2. The van der Waals surface area contributed by atoms with E-state index in [0.717, 1.165) is 11.4 Å². The van der Waals surface area contributed by atoms with Crippen molar-refractivity contribution in [3.05, 3.63) is 47.5 Å². The van der Waals surface area contributed by atoms with E-state index in [2.05, 4.69) is 10.4 Å². The van der Waals surface area contributed by atoms with Gasteiger partial charge in [0.25, 0.3) is 0 Å². The monoisotopic (exact) mass is 358 g/mol. The highest BCUT2D eigenvalue weighted by Gasteiger charge is 2.35. The molecule has 2 atom stereocenters. The Bertz CT molecular complexity index is 833. The van der Waals surface area contributed by atoms with Crippen LogP contribution in [0.25, 0.3) is 0 Å². The maximum absolute atomic E-state index is 13.4. The number of anilines is 1. The van der Waals surface area contributed by atoms with Gasteiger partial charge in [0.1, 0.15) is 5.82 Å². The Labute approximate surface area is 152 Å². The van der Waals surface area contributed by atoms with Crippen LogP contribution in [0.1, 0.15) is 24.7 Å². The molecule has 1 N–H and O–H groups in total. The van der Waals surface area contributed by atoms with Crippen molar-refractivity contribution in [1.82, 2.24) is 15.1 Å². The first kappa shape index (κ1) is 18.1. The quantitative estimate of drug-likeness (QED) is 0.891. The van der Waals surface area contributed by atoms with E-state index in [4.69, 9.17) is 0 Å². The second-order valence-electron chi connectivity index (χ2n) is 6.90. The van der Waals surface area contributed by atoms with Gasteiger partial charge in [-0.05, 0) is 45.0 Å². The molecule has 0 saturated carbocycles. The van der Waals surface area contributed by atoms with Crippen LogP contribution in [0.4, 0.5) is 10.1 Å². The van der Waals surface area contributed by atoms with Gasteiger partial charge in [-0.2, -0.15) is 5.10 Å². The van der Waals surface area contributed by atoms with Gasteiger partial charge in [0.05, 0.1) is 18.2 Å². The van der Waals surface area contributed by atoms with Crippen LogP contribution in [0.15, 0.2) is 30.3 Å². The summed E-state index contributed by atoms with van der Waals surface area (Å²) in [6, 6.07) is 7.74. The van der Waals surface area contributed by atoms with Crippen molar-refractivity contribution >= 4 is 17.5 Å². The third-order valence-electron chi connectivity index (χ3n) is 4.55. The number of nitrogens with one attached hydrogen (secondary N) is 1. The molecule has 6 nitrogen and oxygen atoms in total. The molecule has 2 amide bonds. The summed E-state index contributed by atoms with van der Waals surface area (Å²) in [4.78, 5) is 26.2. The summed E-state index contributed by atoms with van der Waals surface area (Å²) < 4.78 is 15.3. The van der Waals surface area contributed by atoms with Crippen molar-refractivity contribution in [3.8, 4) is 0 Å². The molecule has 1 aromatic heterocycles. The first-order valence-electron chi connectivity index (χ1n) is 8.71. The van der Waals surface area contributed by atoms with Gasteiger partial charge in [-0.3, -0.25) is 14.3 Å². The molecule has 0 aliphatic carbocycles. The van der Waals surface area contributed by atoms with Crippen LogP contribution in [-0.4, -0.2) is 34.2 Å². The van der Waals surface area contributed by atoms with E-state index < -0.39 is 11.7 Å². The highest BCUT2D eigenvalue weighted by atomic mass is 19.1. The van der Waals surface area contributed by atoms with Crippen LogP contribution >= 0.6 is 0 Å². The predicted molar refractivity (Wildman–Crippen MR) is 96.2 cm³/mol. The lowest BCUT2D eigenvalue weighted by Crippen LogP contribution is -2.40. The fraction of sp³-hybridized carbons (Fsp3) is 0.421. The molecule has 1 aliphatic heterocycles. The van der Waals surface area contributed by atoms with Crippen LogP contribution in [0.3, 0.4) is 0 Å². The second-order valence-corrected chi connectivity index (χ2v) is 6.90. The Morgan fingerprint density at radius 2 is 2.15 bits per heavy atom. The van der Waals surface area contributed by atoms with Crippen molar-refractivity contribution < 1.29 is 14.0 Å². The number of halogens is 1. The topological polar surface area (TPSA) is 67.2 Å². The van der Waals surface area contributed by atoms with Gasteiger partial charge in [-0.1, -0.05) is 6.07 Å². The Balaban J connectivity index is 1.60. The van der Waals surface area contributed by atoms with Gasteiger partial charge in [0, 0.05) is 30.4 Å². The molecular weight excluding hydrogens is 335 g/mol. The zero-order valence-corrected chi connectivity index (χ0v) is 15.2. The summed E-state index contributed by atoms with van der Waals surface area (Å²) in [7, 11) is 0. The average molecular weight is 358 g/mol. The number of benzene rings is 1. The smallest absolute Gasteiger partial charge is 0.227 e. The largest absolute Gasteiger partial charge is 0.351 e. The minimum atomic E-state index is -0.436. The lowest BCUT2D eigenvalue weighted by molar-refractivity contribution is -0.126. The van der Waals surface area contributed by atoms with Crippen LogP contribution in [-0.2, 0) is 16.1 Å². The molecular formula is C19H23FN4O2. The van der Waals surface area contributed by atoms with E-state index in [9.17, 15) is 14.0 Å². The molecule has 0 bridgehead atoms. The van der Waals surface area contributed by atoms with Gasteiger partial charge < -0.3 is 10.2 Å². The Morgan fingerprint density at radius 3 is 2.81 bits per heavy atom. The third-order valence-corrected chi connectivity index (χ3v) is 4.55. The van der Waals surface area contributed by atoms with Crippen molar-refractivity contribution in [2.45, 2.75) is 39.8 Å². The zero-order chi connectivity index (χ0) is 18.8. The summed E-state index contributed by atoms with van der Waals surface area (Å²) in [6.45, 7) is 6.65. The van der Waals surface area contributed by atoms with E-state index in [-0.39, 0.29) is 30.8 Å². The van der Waals surface area contributed by atoms with E-state index in [1.807, 2.05) is 31.5 Å². The zero-order valence-electron chi connectivity index (χ0n) is 15.2. The maximum atomic E-state index is 13.4. The van der Waals surface area contributed by atoms with Gasteiger partial charge in [0.2, 0.25) is 11.8 Å². The molecule has 26 heavy (non-hydrogen) atoms. The minimum absolute atomic E-state index is 0.112. The molecule has 1 saturated heterocycles. The number of hydrogen-bond donors (Lipinski definition) is 1. The highest BCUT2D eigenvalue weighted by molar-refractivity contribution is 6.00. The molecule has 1 fully saturated rings. The lowest BCUT2D eigenvalue weighted by Gasteiger charge is -2.19. The number of rotatable bonds is 5. The van der Waals surface area contributed by atoms with Crippen molar-refractivity contribution in [1.29, 1.82) is 0 Å². The molecule has 2 heterocycles. The Kier molecular flexibility index (Phi) is 5.06. The number of hydrogen-bond acceptors (Lipinski definition) is 3. The fourth-order valence-corrected chi connectivity index (χ4v) is 3.30. The van der Waals surface area contributed by atoms with Gasteiger partial charge in [0.15, 0.2) is 0 Å². The predicted octanol–water partition coefficient (Wildman–Crippen LogP) is 2.20. The van der Waals surface area contributed by atoms with Gasteiger partial charge in [-0.25, -0.2) is 4.39 Å². The van der Waals surface area contributed by atoms with Gasteiger partial charge >= 0.3 is 0 Å². The average Bonchev–Trinajstić information content (AvgIpc) is 3.09. The lowest BCUT2D eigenvalue weighted by atomic mass is 10.1. The van der Waals surface area contributed by atoms with Crippen LogP contribution in [0.2, 0.25) is 0 Å². The first-order chi connectivity index (χ1) is 12.3. The van der Waals surface area contributed by atoms with Crippen molar-refractivity contribution in [3.63, 3.8) is 0 Å². The molecule has 0 spiro atoms. The Hall–Kier alpha value is -2.70. The van der Waals surface area contributed by atoms with E-state index in [1.165, 1.54) is 17.0 Å². The standard InChI is InChI=1S/C19H23FN4O2/c1-12-7-14(3)24(22-12)10-13(2)21-19(26)15-8-18(25)23(11-15)17-6-4-5-16(20)9-17/h4-7,9,13,15H,8,10-11H2,1-3H3,(H,21,26)/t13-,15+/m0/s1. The summed E-state index contributed by atoms with van der Waals surface area (Å²) in [5.74, 6) is -1.16. The molecule has 3 rings (SSSR count). The third kappa shape index (κ3) is 3.92. The maximum Gasteiger partial charge on any atom is 0.227 e. The number of amides is 2. The highest BCUT2D eigenvalue weighted by Crippen LogP contribution is 2.25. The normalized spacial score (nSPS) is 18.2. The van der Waals surface area contributed by atoms with E-state index in [1.54, 1.807) is 12.1 Å². The minimum Gasteiger partial charge on any atom is -0.351 e. The molecule has 138 valence electrons. The molecule has 2 aromatic rings. The molecule has 0 unspecified atom stereocenters. The Morgan fingerprint density at radius 1 is 1.38 bits per heavy atom. The summed E-state index contributed by atoms with van der Waals surface area (Å²) in [6.07, 6.45) is 0.134. The van der Waals surface area contributed by atoms with Crippen LogP contribution in [0, 0.1) is 25.6 Å². The van der Waals surface area contributed by atoms with Crippen LogP contribution < -0.4 is 10.2 Å².